The van der Waals surface area contributed by atoms with E-state index in [0.717, 1.165) is 63.1 Å². The van der Waals surface area contributed by atoms with Crippen molar-refractivity contribution in [3.05, 3.63) is 54.1 Å². The molecule has 1 aliphatic rings. The monoisotopic (exact) mass is 594 g/mol. The number of para-hydroxylation sites is 1. The number of aromatic nitrogens is 2. The zero-order valence-electron chi connectivity index (χ0n) is 27.3. The molecule has 43 heavy (non-hydrogen) atoms. The Morgan fingerprint density at radius 1 is 0.814 bits per heavy atom. The van der Waals surface area contributed by atoms with Gasteiger partial charge in [-0.05, 0) is 75.0 Å². The highest BCUT2D eigenvalue weighted by Crippen LogP contribution is 2.32. The zero-order chi connectivity index (χ0) is 31.1. The number of carbonyl (C=O) groups excluding carboxylic acids is 1. The van der Waals surface area contributed by atoms with Crippen molar-refractivity contribution in [2.45, 2.75) is 149 Å². The van der Waals surface area contributed by atoms with E-state index in [2.05, 4.69) is 30.7 Å². The van der Waals surface area contributed by atoms with E-state index in [1.54, 1.807) is 12.1 Å². The SMILES string of the molecule is CCCCCC1CCC(C(=O)O)CC1.CCCCCCCCc1cnc(C(CCC)CCC(=O)Oc2ccccc2)nc1. The van der Waals surface area contributed by atoms with E-state index in [1.807, 2.05) is 30.6 Å². The van der Waals surface area contributed by atoms with Gasteiger partial charge in [-0.1, -0.05) is 103 Å². The zero-order valence-corrected chi connectivity index (χ0v) is 27.3. The Kier molecular flexibility index (Phi) is 19.3. The van der Waals surface area contributed by atoms with Crippen molar-refractivity contribution in [2.24, 2.45) is 11.8 Å². The average molecular weight is 595 g/mol. The Hall–Kier alpha value is -2.76. The van der Waals surface area contributed by atoms with Crippen LogP contribution in [-0.4, -0.2) is 27.0 Å². The Morgan fingerprint density at radius 3 is 2.07 bits per heavy atom. The molecule has 1 aromatic carbocycles. The number of carboxylic acid groups (broad SMARTS) is 1. The van der Waals surface area contributed by atoms with E-state index < -0.39 is 5.97 Å². The van der Waals surface area contributed by atoms with E-state index >= 15 is 0 Å². The molecule has 3 rings (SSSR count). The second-order valence-electron chi connectivity index (χ2n) is 12.3. The molecule has 1 aliphatic carbocycles. The van der Waals surface area contributed by atoms with Gasteiger partial charge in [0.15, 0.2) is 0 Å². The van der Waals surface area contributed by atoms with Crippen molar-refractivity contribution in [1.29, 1.82) is 0 Å². The van der Waals surface area contributed by atoms with Gasteiger partial charge in [-0.2, -0.15) is 0 Å². The number of carboxylic acids is 1. The van der Waals surface area contributed by atoms with E-state index in [1.165, 1.54) is 69.8 Å². The van der Waals surface area contributed by atoms with Gasteiger partial charge in [0.25, 0.3) is 0 Å². The fraction of sp³-hybridized carbons (Fsp3) is 0.676. The van der Waals surface area contributed by atoms with Crippen LogP contribution in [0.4, 0.5) is 0 Å². The van der Waals surface area contributed by atoms with Gasteiger partial charge in [-0.25, -0.2) is 9.97 Å². The molecule has 0 saturated heterocycles. The molecule has 1 unspecified atom stereocenters. The molecule has 0 aliphatic heterocycles. The fourth-order valence-electron chi connectivity index (χ4n) is 5.91. The van der Waals surface area contributed by atoms with Crippen LogP contribution >= 0.6 is 0 Å². The molecule has 1 saturated carbocycles. The number of ether oxygens (including phenoxy) is 1. The number of rotatable bonds is 19. The highest BCUT2D eigenvalue weighted by atomic mass is 16.5. The number of aliphatic carboxylic acids is 1. The Morgan fingerprint density at radius 2 is 1.44 bits per heavy atom. The third-order valence-electron chi connectivity index (χ3n) is 8.63. The third kappa shape index (κ3) is 16.0. The molecule has 240 valence electrons. The largest absolute Gasteiger partial charge is 0.481 e. The van der Waals surface area contributed by atoms with Crippen LogP contribution in [0.2, 0.25) is 0 Å². The van der Waals surface area contributed by atoms with E-state index in [4.69, 9.17) is 9.84 Å². The fourth-order valence-corrected chi connectivity index (χ4v) is 5.91. The summed E-state index contributed by atoms with van der Waals surface area (Å²) in [5.74, 6) is 1.64. The summed E-state index contributed by atoms with van der Waals surface area (Å²) in [6, 6.07) is 9.23. The van der Waals surface area contributed by atoms with Gasteiger partial charge in [0.1, 0.15) is 11.6 Å². The summed E-state index contributed by atoms with van der Waals surface area (Å²) in [7, 11) is 0. The van der Waals surface area contributed by atoms with Crippen molar-refractivity contribution in [2.75, 3.05) is 0 Å². The van der Waals surface area contributed by atoms with E-state index in [-0.39, 0.29) is 17.8 Å². The molecule has 1 N–H and O–H groups in total. The molecular formula is C37H58N2O4. The van der Waals surface area contributed by atoms with Crippen LogP contribution in [0.1, 0.15) is 154 Å². The molecule has 1 aromatic heterocycles. The number of benzene rings is 1. The standard InChI is InChI=1S/C25H36N2O2.C12H22O2/c1-3-5-6-7-8-10-14-21-19-26-25(27-20-21)22(13-4-2)17-18-24(28)29-23-15-11-9-12-16-23;1-2-3-4-5-10-6-8-11(9-7-10)12(13)14/h9,11-12,15-16,19-20,22H,3-8,10,13-14,17-18H2,1-2H3;10-11H,2-9H2,1H3,(H,13,14). The molecule has 0 bridgehead atoms. The van der Waals surface area contributed by atoms with Crippen LogP contribution in [0.25, 0.3) is 0 Å². The summed E-state index contributed by atoms with van der Waals surface area (Å²) in [5, 5.41) is 8.84. The second kappa shape index (κ2) is 22.7. The minimum Gasteiger partial charge on any atom is -0.481 e. The van der Waals surface area contributed by atoms with Crippen LogP contribution in [-0.2, 0) is 16.0 Å². The summed E-state index contributed by atoms with van der Waals surface area (Å²) >= 11 is 0. The van der Waals surface area contributed by atoms with Crippen LogP contribution in [0.3, 0.4) is 0 Å². The van der Waals surface area contributed by atoms with Gasteiger partial charge < -0.3 is 9.84 Å². The maximum Gasteiger partial charge on any atom is 0.311 e. The normalized spacial score (nSPS) is 17.0. The molecule has 0 spiro atoms. The Bertz CT molecular complexity index is 987. The van der Waals surface area contributed by atoms with Gasteiger partial charge in [-0.3, -0.25) is 9.59 Å². The van der Waals surface area contributed by atoms with Crippen molar-refractivity contribution >= 4 is 11.9 Å². The van der Waals surface area contributed by atoms with Crippen LogP contribution < -0.4 is 4.74 Å². The Balaban J connectivity index is 0.000000385. The van der Waals surface area contributed by atoms with Gasteiger partial charge >= 0.3 is 11.9 Å². The lowest BCUT2D eigenvalue weighted by molar-refractivity contribution is -0.143. The molecule has 6 nitrogen and oxygen atoms in total. The molecule has 0 amide bonds. The van der Waals surface area contributed by atoms with Gasteiger partial charge in [0.05, 0.1) is 5.92 Å². The highest BCUT2D eigenvalue weighted by molar-refractivity contribution is 5.72. The minimum atomic E-state index is -0.586. The summed E-state index contributed by atoms with van der Waals surface area (Å²) < 4.78 is 5.40. The lowest BCUT2D eigenvalue weighted by Gasteiger charge is -2.25. The first-order valence-electron chi connectivity index (χ1n) is 17.3. The van der Waals surface area contributed by atoms with Gasteiger partial charge in [0.2, 0.25) is 0 Å². The number of unbranched alkanes of at least 4 members (excludes halogenated alkanes) is 7. The smallest absolute Gasteiger partial charge is 0.311 e. The average Bonchev–Trinajstić information content (AvgIpc) is 3.02. The maximum absolute atomic E-state index is 12.2. The quantitative estimate of drug-likeness (QED) is 0.0989. The van der Waals surface area contributed by atoms with Crippen molar-refractivity contribution in [3.8, 4) is 5.75 Å². The topological polar surface area (TPSA) is 89.4 Å². The van der Waals surface area contributed by atoms with Crippen molar-refractivity contribution in [3.63, 3.8) is 0 Å². The third-order valence-corrected chi connectivity index (χ3v) is 8.63. The van der Waals surface area contributed by atoms with Gasteiger partial charge in [-0.15, -0.1) is 0 Å². The number of hydrogen-bond acceptors (Lipinski definition) is 5. The number of nitrogens with zero attached hydrogens (tertiary/aromatic N) is 2. The summed E-state index contributed by atoms with van der Waals surface area (Å²) in [6.07, 6.45) is 25.3. The number of carbonyl (C=O) groups is 2. The van der Waals surface area contributed by atoms with Crippen molar-refractivity contribution in [1.82, 2.24) is 9.97 Å². The lowest BCUT2D eigenvalue weighted by atomic mass is 9.80. The first kappa shape index (κ1) is 36.4. The summed E-state index contributed by atoms with van der Waals surface area (Å²) in [4.78, 5) is 32.1. The minimum absolute atomic E-state index is 0.0441. The summed E-state index contributed by atoms with van der Waals surface area (Å²) in [5.41, 5.74) is 1.21. The molecule has 6 heteroatoms. The second-order valence-corrected chi connectivity index (χ2v) is 12.3. The van der Waals surface area contributed by atoms with Crippen molar-refractivity contribution < 1.29 is 19.4 Å². The Labute approximate surface area is 261 Å². The maximum atomic E-state index is 12.2. The van der Waals surface area contributed by atoms with Gasteiger partial charge in [0, 0.05) is 24.7 Å². The number of hydrogen-bond donors (Lipinski definition) is 1. The van der Waals surface area contributed by atoms with E-state index in [0.29, 0.717) is 12.2 Å². The van der Waals surface area contributed by atoms with Crippen LogP contribution in [0, 0.1) is 11.8 Å². The number of aryl methyl sites for hydroxylation is 1. The molecule has 2 aromatic rings. The first-order chi connectivity index (χ1) is 21.0. The van der Waals surface area contributed by atoms with Crippen LogP contribution in [0.15, 0.2) is 42.7 Å². The summed E-state index contributed by atoms with van der Waals surface area (Å²) in [6.45, 7) is 6.63. The number of esters is 1. The molecular weight excluding hydrogens is 536 g/mol. The highest BCUT2D eigenvalue weighted by Gasteiger charge is 2.25. The molecule has 1 atom stereocenters. The predicted octanol–water partition coefficient (Wildman–Crippen LogP) is 10.1. The predicted molar refractivity (Wildman–Crippen MR) is 175 cm³/mol. The molecule has 1 fully saturated rings. The lowest BCUT2D eigenvalue weighted by Crippen LogP contribution is -2.21. The van der Waals surface area contributed by atoms with Crippen LogP contribution in [0.5, 0.6) is 5.75 Å². The molecule has 1 heterocycles. The molecule has 0 radical (unpaired) electrons. The first-order valence-corrected chi connectivity index (χ1v) is 17.3. The van der Waals surface area contributed by atoms with E-state index in [9.17, 15) is 9.59 Å².